The second-order valence-corrected chi connectivity index (χ2v) is 6.32. The van der Waals surface area contributed by atoms with Crippen LogP contribution < -0.4 is 11.1 Å². The van der Waals surface area contributed by atoms with Crippen molar-refractivity contribution in [2.45, 2.75) is 51.7 Å². The molecule has 0 bridgehead atoms. The number of amides is 2. The Morgan fingerprint density at radius 3 is 2.30 bits per heavy atom. The minimum absolute atomic E-state index is 0.00444. The van der Waals surface area contributed by atoms with Crippen molar-refractivity contribution in [3.05, 3.63) is 35.9 Å². The average molecular weight is 320 g/mol. The molecule has 0 fully saturated rings. The molecular weight excluding hydrogens is 296 g/mol. The lowest BCUT2D eigenvalue weighted by molar-refractivity contribution is -0.158. The zero-order valence-electron chi connectivity index (χ0n) is 13.8. The number of nitrogens with one attached hydrogen (secondary N) is 1. The third-order valence-corrected chi connectivity index (χ3v) is 2.91. The van der Waals surface area contributed by atoms with E-state index >= 15 is 0 Å². The zero-order chi connectivity index (χ0) is 17.5. The number of hydrogen-bond donors (Lipinski definition) is 2. The Morgan fingerprint density at radius 2 is 1.78 bits per heavy atom. The molecule has 0 spiro atoms. The largest absolute Gasteiger partial charge is 0.458 e. The third kappa shape index (κ3) is 7.99. The van der Waals surface area contributed by atoms with Crippen molar-refractivity contribution in [3.63, 3.8) is 0 Å². The smallest absolute Gasteiger partial charge is 0.329 e. The highest BCUT2D eigenvalue weighted by Gasteiger charge is 2.26. The Labute approximate surface area is 136 Å². The van der Waals surface area contributed by atoms with Crippen LogP contribution in [0.25, 0.3) is 0 Å². The van der Waals surface area contributed by atoms with Gasteiger partial charge < -0.3 is 15.8 Å². The number of carbonyl (C=O) groups excluding carboxylic acids is 3. The van der Waals surface area contributed by atoms with E-state index in [1.807, 2.05) is 30.3 Å². The van der Waals surface area contributed by atoms with Crippen molar-refractivity contribution in [2.75, 3.05) is 0 Å². The molecule has 0 aromatic heterocycles. The summed E-state index contributed by atoms with van der Waals surface area (Å²) in [6, 6.07) is 8.29. The van der Waals surface area contributed by atoms with Crippen LogP contribution in [0.3, 0.4) is 0 Å². The minimum atomic E-state index is -0.891. The number of primary amides is 1. The van der Waals surface area contributed by atoms with Gasteiger partial charge in [0.2, 0.25) is 11.8 Å². The Balaban J connectivity index is 2.69. The molecule has 1 rings (SSSR count). The Bertz CT molecular complexity index is 549. The number of benzene rings is 1. The zero-order valence-corrected chi connectivity index (χ0v) is 13.8. The fourth-order valence-corrected chi connectivity index (χ4v) is 1.94. The highest BCUT2D eigenvalue weighted by molar-refractivity contribution is 5.86. The quantitative estimate of drug-likeness (QED) is 0.740. The van der Waals surface area contributed by atoms with Gasteiger partial charge in [0.05, 0.1) is 6.42 Å². The van der Waals surface area contributed by atoms with Gasteiger partial charge in [-0.3, -0.25) is 9.59 Å². The van der Waals surface area contributed by atoms with Crippen LogP contribution in [0.2, 0.25) is 0 Å². The molecule has 0 radical (unpaired) electrons. The van der Waals surface area contributed by atoms with Gasteiger partial charge in [-0.2, -0.15) is 0 Å². The SMILES string of the molecule is CC(C)(C)OC(=O)[C@H](CCC(N)=O)NC(=O)Cc1ccccc1. The Kier molecular flexibility index (Phi) is 6.75. The predicted octanol–water partition coefficient (Wildman–Crippen LogP) is 1.32. The van der Waals surface area contributed by atoms with E-state index in [1.165, 1.54) is 0 Å². The molecule has 6 heteroatoms. The topological polar surface area (TPSA) is 98.5 Å². The summed E-state index contributed by atoms with van der Waals surface area (Å²) in [5, 5.41) is 2.62. The first kappa shape index (κ1) is 18.7. The van der Waals surface area contributed by atoms with E-state index in [4.69, 9.17) is 10.5 Å². The molecule has 1 aromatic carbocycles. The number of nitrogens with two attached hydrogens (primary N) is 1. The van der Waals surface area contributed by atoms with Crippen LogP contribution in [-0.2, 0) is 25.5 Å². The van der Waals surface area contributed by atoms with Crippen LogP contribution >= 0.6 is 0 Å². The van der Waals surface area contributed by atoms with Gasteiger partial charge in [0.25, 0.3) is 0 Å². The molecule has 1 atom stereocenters. The monoisotopic (exact) mass is 320 g/mol. The molecule has 0 unspecified atom stereocenters. The molecule has 3 N–H and O–H groups in total. The highest BCUT2D eigenvalue weighted by Crippen LogP contribution is 2.11. The highest BCUT2D eigenvalue weighted by atomic mass is 16.6. The van der Waals surface area contributed by atoms with Crippen LogP contribution in [0.15, 0.2) is 30.3 Å². The van der Waals surface area contributed by atoms with E-state index in [9.17, 15) is 14.4 Å². The van der Waals surface area contributed by atoms with Crippen molar-refractivity contribution in [1.29, 1.82) is 0 Å². The van der Waals surface area contributed by atoms with E-state index in [-0.39, 0.29) is 25.2 Å². The molecule has 23 heavy (non-hydrogen) atoms. The predicted molar refractivity (Wildman–Crippen MR) is 86.4 cm³/mol. The van der Waals surface area contributed by atoms with Crippen LogP contribution in [0.1, 0.15) is 39.2 Å². The standard InChI is InChI=1S/C17H24N2O4/c1-17(2,3)23-16(22)13(9-10-14(18)20)19-15(21)11-12-7-5-4-6-8-12/h4-8,13H,9-11H2,1-3H3,(H2,18,20)(H,19,21)/t13-/m0/s1. The number of ether oxygens (including phenoxy) is 1. The molecule has 0 aliphatic rings. The van der Waals surface area contributed by atoms with Gasteiger partial charge in [0.1, 0.15) is 11.6 Å². The van der Waals surface area contributed by atoms with Gasteiger partial charge in [-0.1, -0.05) is 30.3 Å². The van der Waals surface area contributed by atoms with Gasteiger partial charge in [-0.25, -0.2) is 4.79 Å². The maximum absolute atomic E-state index is 12.2. The number of carbonyl (C=O) groups is 3. The lowest BCUT2D eigenvalue weighted by Gasteiger charge is -2.24. The summed E-state index contributed by atoms with van der Waals surface area (Å²) in [5.74, 6) is -1.41. The van der Waals surface area contributed by atoms with Crippen molar-refractivity contribution in [1.82, 2.24) is 5.32 Å². The van der Waals surface area contributed by atoms with Gasteiger partial charge in [-0.15, -0.1) is 0 Å². The molecule has 0 aliphatic carbocycles. The van der Waals surface area contributed by atoms with Crippen LogP contribution in [0.5, 0.6) is 0 Å². The van der Waals surface area contributed by atoms with Crippen molar-refractivity contribution < 1.29 is 19.1 Å². The van der Waals surface area contributed by atoms with Gasteiger partial charge in [0, 0.05) is 6.42 Å². The molecule has 2 amide bonds. The van der Waals surface area contributed by atoms with Crippen LogP contribution in [0, 0.1) is 0 Å². The normalized spacial score (nSPS) is 12.3. The number of rotatable bonds is 7. The third-order valence-electron chi connectivity index (χ3n) is 2.91. The molecule has 6 nitrogen and oxygen atoms in total. The first-order chi connectivity index (χ1) is 10.7. The molecular formula is C17H24N2O4. The second kappa shape index (κ2) is 8.31. The van der Waals surface area contributed by atoms with E-state index in [1.54, 1.807) is 20.8 Å². The first-order valence-electron chi connectivity index (χ1n) is 7.52. The number of hydrogen-bond acceptors (Lipinski definition) is 4. The fraction of sp³-hybridized carbons (Fsp3) is 0.471. The van der Waals surface area contributed by atoms with Gasteiger partial charge in [-0.05, 0) is 32.8 Å². The van der Waals surface area contributed by atoms with E-state index < -0.39 is 23.5 Å². The van der Waals surface area contributed by atoms with Gasteiger partial charge in [0.15, 0.2) is 0 Å². The average Bonchev–Trinajstić information content (AvgIpc) is 2.42. The molecule has 0 heterocycles. The summed E-state index contributed by atoms with van der Waals surface area (Å²) >= 11 is 0. The van der Waals surface area contributed by atoms with Crippen molar-refractivity contribution in [3.8, 4) is 0 Å². The molecule has 0 saturated heterocycles. The maximum Gasteiger partial charge on any atom is 0.329 e. The molecule has 0 saturated carbocycles. The van der Waals surface area contributed by atoms with E-state index in [0.717, 1.165) is 5.56 Å². The maximum atomic E-state index is 12.2. The summed E-state index contributed by atoms with van der Waals surface area (Å²) in [7, 11) is 0. The summed E-state index contributed by atoms with van der Waals surface area (Å²) < 4.78 is 5.28. The van der Waals surface area contributed by atoms with Crippen molar-refractivity contribution in [2.24, 2.45) is 5.73 Å². The van der Waals surface area contributed by atoms with E-state index in [0.29, 0.717) is 0 Å². The minimum Gasteiger partial charge on any atom is -0.458 e. The lowest BCUT2D eigenvalue weighted by Crippen LogP contribution is -2.45. The van der Waals surface area contributed by atoms with E-state index in [2.05, 4.69) is 5.32 Å². The number of esters is 1. The van der Waals surface area contributed by atoms with Gasteiger partial charge >= 0.3 is 5.97 Å². The molecule has 126 valence electrons. The molecule has 0 aliphatic heterocycles. The first-order valence-corrected chi connectivity index (χ1v) is 7.52. The summed E-state index contributed by atoms with van der Waals surface area (Å²) in [5.41, 5.74) is 5.28. The van der Waals surface area contributed by atoms with Crippen LogP contribution in [-0.4, -0.2) is 29.4 Å². The fourth-order valence-electron chi connectivity index (χ4n) is 1.94. The summed E-state index contributed by atoms with van der Waals surface area (Å²) in [6.07, 6.45) is 0.261. The summed E-state index contributed by atoms with van der Waals surface area (Å²) in [6.45, 7) is 5.21. The summed E-state index contributed by atoms with van der Waals surface area (Å²) in [4.78, 5) is 35.2. The van der Waals surface area contributed by atoms with Crippen LogP contribution in [0.4, 0.5) is 0 Å². The Morgan fingerprint density at radius 1 is 1.17 bits per heavy atom. The molecule has 1 aromatic rings. The van der Waals surface area contributed by atoms with Crippen molar-refractivity contribution >= 4 is 17.8 Å². The second-order valence-electron chi connectivity index (χ2n) is 6.32. The lowest BCUT2D eigenvalue weighted by atomic mass is 10.1. The Hall–Kier alpha value is -2.37.